The highest BCUT2D eigenvalue weighted by atomic mass is 16.6. The highest BCUT2D eigenvalue weighted by Gasteiger charge is 2.44. The summed E-state index contributed by atoms with van der Waals surface area (Å²) in [5, 5.41) is 32.4. The molecule has 1 saturated heterocycles. The number of aliphatic hydroxyl groups excluding tert-OH is 2. The van der Waals surface area contributed by atoms with Gasteiger partial charge in [0.25, 0.3) is 0 Å². The maximum atomic E-state index is 10.7. The predicted octanol–water partition coefficient (Wildman–Crippen LogP) is -2.19. The normalized spacial score (nSPS) is 26.5. The molecule has 2 aromatic heterocycles. The van der Waals surface area contributed by atoms with Crippen molar-refractivity contribution in [1.29, 1.82) is 0 Å². The second kappa shape index (κ2) is 8.10. The van der Waals surface area contributed by atoms with Crippen molar-refractivity contribution in [3.63, 3.8) is 0 Å². The summed E-state index contributed by atoms with van der Waals surface area (Å²) < 4.78 is 7.29. The minimum Gasteiger partial charge on any atom is -0.480 e. The van der Waals surface area contributed by atoms with Crippen LogP contribution >= 0.6 is 0 Å². The van der Waals surface area contributed by atoms with Gasteiger partial charge < -0.3 is 36.8 Å². The van der Waals surface area contributed by atoms with Gasteiger partial charge in [-0.3, -0.25) is 9.36 Å². The number of hydrogen-bond donors (Lipinski definition) is 6. The number of fused-ring (bicyclic) bond motifs is 1. The molecule has 1 fully saturated rings. The molecule has 8 N–H and O–H groups in total. The van der Waals surface area contributed by atoms with Crippen molar-refractivity contribution in [3.8, 4) is 0 Å². The fraction of sp³-hybridized carbons (Fsp3) is 0.600. The summed E-state index contributed by atoms with van der Waals surface area (Å²) in [6.45, 7) is 0.785. The van der Waals surface area contributed by atoms with Gasteiger partial charge in [-0.2, -0.15) is 0 Å². The summed E-state index contributed by atoms with van der Waals surface area (Å²) in [6.07, 6.45) is -0.199. The van der Waals surface area contributed by atoms with Crippen LogP contribution in [0.15, 0.2) is 12.7 Å². The van der Waals surface area contributed by atoms with Crippen LogP contribution in [-0.2, 0) is 9.53 Å². The number of aromatic nitrogens is 4. The first-order valence-electron chi connectivity index (χ1n) is 8.54. The number of carboxylic acid groups (broad SMARTS) is 1. The second-order valence-electron chi connectivity index (χ2n) is 6.42. The highest BCUT2D eigenvalue weighted by molar-refractivity contribution is 5.81. The van der Waals surface area contributed by atoms with Gasteiger partial charge in [-0.15, -0.1) is 0 Å². The first-order valence-corrected chi connectivity index (χ1v) is 8.54. The van der Waals surface area contributed by atoms with E-state index in [1.54, 1.807) is 0 Å². The van der Waals surface area contributed by atoms with Crippen LogP contribution in [0.3, 0.4) is 0 Å². The van der Waals surface area contributed by atoms with Gasteiger partial charge in [-0.25, -0.2) is 15.0 Å². The zero-order chi connectivity index (χ0) is 19.6. The number of nitrogen functional groups attached to an aromatic ring is 1. The number of nitrogens with one attached hydrogen (secondary N) is 1. The Morgan fingerprint density at radius 3 is 2.85 bits per heavy atom. The maximum absolute atomic E-state index is 10.7. The van der Waals surface area contributed by atoms with Crippen molar-refractivity contribution in [2.24, 2.45) is 5.73 Å². The average Bonchev–Trinajstić information content (AvgIpc) is 3.18. The van der Waals surface area contributed by atoms with E-state index in [4.69, 9.17) is 21.3 Å². The van der Waals surface area contributed by atoms with Gasteiger partial charge in [0, 0.05) is 6.54 Å². The molecule has 0 radical (unpaired) electrons. The van der Waals surface area contributed by atoms with E-state index in [1.807, 2.05) is 0 Å². The van der Waals surface area contributed by atoms with Crippen LogP contribution in [0, 0.1) is 0 Å². The average molecular weight is 381 g/mol. The second-order valence-corrected chi connectivity index (χ2v) is 6.42. The largest absolute Gasteiger partial charge is 0.480 e. The van der Waals surface area contributed by atoms with E-state index in [9.17, 15) is 15.0 Å². The third kappa shape index (κ3) is 3.99. The molecule has 12 heteroatoms. The molecule has 27 heavy (non-hydrogen) atoms. The smallest absolute Gasteiger partial charge is 0.320 e. The molecule has 1 aliphatic rings. The van der Waals surface area contributed by atoms with Crippen molar-refractivity contribution in [1.82, 2.24) is 24.8 Å². The summed E-state index contributed by atoms with van der Waals surface area (Å²) in [5.41, 5.74) is 12.0. The quantitative estimate of drug-likeness (QED) is 0.272. The lowest BCUT2D eigenvalue weighted by molar-refractivity contribution is -0.138. The maximum Gasteiger partial charge on any atom is 0.320 e. The number of nitrogens with two attached hydrogens (primary N) is 2. The Morgan fingerprint density at radius 2 is 2.11 bits per heavy atom. The number of ether oxygens (including phenoxy) is 1. The van der Waals surface area contributed by atoms with E-state index in [-0.39, 0.29) is 12.4 Å². The molecule has 0 aromatic carbocycles. The third-order valence-corrected chi connectivity index (χ3v) is 4.53. The van der Waals surface area contributed by atoms with Crippen molar-refractivity contribution < 1.29 is 24.9 Å². The summed E-state index contributed by atoms with van der Waals surface area (Å²) in [6, 6.07) is -0.893. The molecule has 1 aliphatic heterocycles. The fourth-order valence-corrected chi connectivity index (χ4v) is 3.00. The van der Waals surface area contributed by atoms with Crippen LogP contribution < -0.4 is 16.8 Å². The molecular formula is C15H23N7O5. The van der Waals surface area contributed by atoms with Gasteiger partial charge in [-0.1, -0.05) is 0 Å². The molecule has 0 spiro atoms. The van der Waals surface area contributed by atoms with E-state index >= 15 is 0 Å². The number of aliphatic carboxylic acids is 1. The molecule has 5 atom stereocenters. The Balaban J connectivity index is 1.57. The van der Waals surface area contributed by atoms with Gasteiger partial charge in [0.2, 0.25) is 0 Å². The first kappa shape index (κ1) is 19.4. The molecule has 3 heterocycles. The van der Waals surface area contributed by atoms with Gasteiger partial charge in [0.1, 0.15) is 36.2 Å². The Morgan fingerprint density at radius 1 is 1.33 bits per heavy atom. The molecular weight excluding hydrogens is 358 g/mol. The van der Waals surface area contributed by atoms with Crippen LogP contribution in [0.2, 0.25) is 0 Å². The number of rotatable bonds is 8. The summed E-state index contributed by atoms with van der Waals surface area (Å²) >= 11 is 0. The lowest BCUT2D eigenvalue weighted by Crippen LogP contribution is -2.38. The monoisotopic (exact) mass is 381 g/mol. The Bertz CT molecular complexity index is 800. The zero-order valence-electron chi connectivity index (χ0n) is 14.5. The van der Waals surface area contributed by atoms with Gasteiger partial charge >= 0.3 is 5.97 Å². The Hall–Kier alpha value is -2.38. The number of nitrogens with zero attached hydrogens (tertiary/aromatic N) is 4. The van der Waals surface area contributed by atoms with E-state index < -0.39 is 36.6 Å². The lowest BCUT2D eigenvalue weighted by Gasteiger charge is -2.16. The first-order chi connectivity index (χ1) is 12.9. The summed E-state index contributed by atoms with van der Waals surface area (Å²) in [7, 11) is 0. The minimum atomic E-state index is -1.18. The van der Waals surface area contributed by atoms with Crippen LogP contribution in [0.5, 0.6) is 0 Å². The predicted molar refractivity (Wildman–Crippen MR) is 93.4 cm³/mol. The molecule has 0 aliphatic carbocycles. The van der Waals surface area contributed by atoms with Crippen LogP contribution in [0.4, 0.5) is 5.82 Å². The number of hydrogen-bond acceptors (Lipinski definition) is 10. The number of imidazole rings is 1. The lowest BCUT2D eigenvalue weighted by atomic mass is 10.1. The molecule has 0 bridgehead atoms. The molecule has 3 rings (SSSR count). The molecule has 148 valence electrons. The molecule has 0 amide bonds. The van der Waals surface area contributed by atoms with E-state index in [0.717, 1.165) is 0 Å². The zero-order valence-corrected chi connectivity index (χ0v) is 14.5. The van der Waals surface area contributed by atoms with Gasteiger partial charge in [-0.05, 0) is 19.4 Å². The van der Waals surface area contributed by atoms with Gasteiger partial charge in [0.05, 0.1) is 6.33 Å². The number of anilines is 1. The SMILES string of the molecule is Nc1ncnc2c1ncn2[C@@H]1O[C@H](CNCCC[C@H](N)C(=O)O)[C@@H](O)[C@H]1O. The summed E-state index contributed by atoms with van der Waals surface area (Å²) in [4.78, 5) is 22.8. The minimum absolute atomic E-state index is 0.213. The Labute approximate surface area is 154 Å². The van der Waals surface area contributed by atoms with Gasteiger partial charge in [0.15, 0.2) is 17.7 Å². The fourth-order valence-electron chi connectivity index (χ4n) is 3.00. The highest BCUT2D eigenvalue weighted by Crippen LogP contribution is 2.31. The standard InChI is InChI=1S/C15H23N7O5/c16-7(15(25)26)2-1-3-18-4-8-10(23)11(24)14(27-8)22-6-21-9-12(17)19-5-20-13(9)22/h5-8,10-11,14,18,23-24H,1-4,16H2,(H,25,26)(H2,17,19,20)/t7-,8+,10+,11+,14+/m0/s1. The molecule has 0 saturated carbocycles. The van der Waals surface area contributed by atoms with Crippen LogP contribution in [0.25, 0.3) is 11.2 Å². The van der Waals surface area contributed by atoms with E-state index in [2.05, 4.69) is 20.3 Å². The van der Waals surface area contributed by atoms with Crippen molar-refractivity contribution >= 4 is 23.0 Å². The third-order valence-electron chi connectivity index (χ3n) is 4.53. The molecule has 0 unspecified atom stereocenters. The van der Waals surface area contributed by atoms with Crippen molar-refractivity contribution in [2.45, 2.75) is 43.4 Å². The molecule has 2 aromatic rings. The summed E-state index contributed by atoms with van der Waals surface area (Å²) in [5.74, 6) is -0.822. The Kier molecular flexibility index (Phi) is 5.82. The van der Waals surface area contributed by atoms with E-state index in [1.165, 1.54) is 17.2 Å². The number of carbonyl (C=O) groups is 1. The van der Waals surface area contributed by atoms with Crippen molar-refractivity contribution in [3.05, 3.63) is 12.7 Å². The topological polar surface area (TPSA) is 195 Å². The number of carboxylic acids is 1. The molecule has 12 nitrogen and oxygen atoms in total. The van der Waals surface area contributed by atoms with Crippen LogP contribution in [0.1, 0.15) is 19.1 Å². The number of aliphatic hydroxyl groups is 2. The van der Waals surface area contributed by atoms with E-state index in [0.29, 0.717) is 30.6 Å². The van der Waals surface area contributed by atoms with Crippen LogP contribution in [-0.4, -0.2) is 78.3 Å². The van der Waals surface area contributed by atoms with Crippen molar-refractivity contribution in [2.75, 3.05) is 18.8 Å².